The summed E-state index contributed by atoms with van der Waals surface area (Å²) in [6, 6.07) is 16.0. The number of rotatable bonds is 7. The molecule has 1 aliphatic heterocycles. The minimum atomic E-state index is -0.206. The highest BCUT2D eigenvalue weighted by Crippen LogP contribution is 2.30. The van der Waals surface area contributed by atoms with E-state index in [1.54, 1.807) is 31.6 Å². The van der Waals surface area contributed by atoms with Crippen LogP contribution < -0.4 is 14.8 Å². The second-order valence-electron chi connectivity index (χ2n) is 7.27. The lowest BCUT2D eigenvalue weighted by Gasteiger charge is -2.25. The van der Waals surface area contributed by atoms with Crippen LogP contribution >= 0.6 is 11.3 Å². The van der Waals surface area contributed by atoms with E-state index in [4.69, 9.17) is 9.47 Å². The molecule has 160 valence electrons. The van der Waals surface area contributed by atoms with Crippen LogP contribution in [0.25, 0.3) is 6.08 Å². The molecule has 1 N–H and O–H groups in total. The highest BCUT2D eigenvalue weighted by atomic mass is 32.1. The van der Waals surface area contributed by atoms with Crippen LogP contribution in [0.2, 0.25) is 0 Å². The van der Waals surface area contributed by atoms with Crippen molar-refractivity contribution in [2.75, 3.05) is 26.1 Å². The number of fused-ring (bicyclic) bond motifs is 1. The maximum absolute atomic E-state index is 12.4. The fourth-order valence-electron chi connectivity index (χ4n) is 3.55. The first-order valence-electron chi connectivity index (χ1n) is 10.1. The Labute approximate surface area is 186 Å². The molecule has 0 saturated carbocycles. The number of methoxy groups -OCH3 is 2. The fourth-order valence-corrected chi connectivity index (χ4v) is 4.61. The van der Waals surface area contributed by atoms with E-state index in [0.717, 1.165) is 37.3 Å². The van der Waals surface area contributed by atoms with E-state index >= 15 is 0 Å². The lowest BCUT2D eigenvalue weighted by Crippen LogP contribution is -2.29. The molecule has 2 aromatic carbocycles. The van der Waals surface area contributed by atoms with E-state index in [9.17, 15) is 4.79 Å². The molecule has 2 heterocycles. The molecule has 0 atom stereocenters. The third-order valence-electron chi connectivity index (χ3n) is 5.12. The summed E-state index contributed by atoms with van der Waals surface area (Å²) in [7, 11) is 3.18. The Morgan fingerprint density at radius 3 is 2.74 bits per heavy atom. The van der Waals surface area contributed by atoms with Crippen molar-refractivity contribution >= 4 is 28.5 Å². The summed E-state index contributed by atoms with van der Waals surface area (Å²) in [4.78, 5) is 20.6. The van der Waals surface area contributed by atoms with Crippen LogP contribution in [-0.2, 0) is 24.3 Å². The quantitative estimate of drug-likeness (QED) is 0.559. The summed E-state index contributed by atoms with van der Waals surface area (Å²) in [5.74, 6) is 1.07. The molecule has 6 nitrogen and oxygen atoms in total. The summed E-state index contributed by atoms with van der Waals surface area (Å²) in [5.41, 5.74) is 3.25. The number of anilines is 1. The summed E-state index contributed by atoms with van der Waals surface area (Å²) >= 11 is 1.56. The third-order valence-corrected chi connectivity index (χ3v) is 6.12. The van der Waals surface area contributed by atoms with Gasteiger partial charge in [0.2, 0.25) is 5.91 Å². The average Bonchev–Trinajstić information content (AvgIpc) is 3.19. The first-order chi connectivity index (χ1) is 15.1. The normalized spacial score (nSPS) is 13.7. The molecule has 0 radical (unpaired) electrons. The summed E-state index contributed by atoms with van der Waals surface area (Å²) in [6.45, 7) is 2.76. The molecular weight excluding hydrogens is 410 g/mol. The van der Waals surface area contributed by atoms with Gasteiger partial charge in [-0.05, 0) is 29.3 Å². The number of carbonyl (C=O) groups is 1. The molecule has 1 aliphatic rings. The molecule has 4 rings (SSSR count). The molecule has 0 fully saturated rings. The van der Waals surface area contributed by atoms with Gasteiger partial charge in [-0.3, -0.25) is 15.0 Å². The Balaban J connectivity index is 1.36. The monoisotopic (exact) mass is 435 g/mol. The molecule has 1 aromatic heterocycles. The Bertz CT molecular complexity index is 1080. The molecular formula is C24H25N3O3S. The number of hydrogen-bond acceptors (Lipinski definition) is 6. The maximum atomic E-state index is 12.4. The van der Waals surface area contributed by atoms with Crippen molar-refractivity contribution in [2.24, 2.45) is 0 Å². The third kappa shape index (κ3) is 5.31. The smallest absolute Gasteiger partial charge is 0.250 e. The zero-order valence-corrected chi connectivity index (χ0v) is 18.4. The van der Waals surface area contributed by atoms with Gasteiger partial charge in [-0.15, -0.1) is 11.3 Å². The van der Waals surface area contributed by atoms with E-state index in [2.05, 4.69) is 39.5 Å². The number of amides is 1. The molecule has 0 saturated heterocycles. The summed E-state index contributed by atoms with van der Waals surface area (Å²) < 4.78 is 10.5. The number of ether oxygens (including phenoxy) is 2. The van der Waals surface area contributed by atoms with E-state index in [0.29, 0.717) is 16.6 Å². The predicted octanol–water partition coefficient (Wildman–Crippen LogP) is 4.37. The van der Waals surface area contributed by atoms with Crippen LogP contribution in [0.15, 0.2) is 54.6 Å². The number of nitrogens with zero attached hydrogens (tertiary/aromatic N) is 2. The topological polar surface area (TPSA) is 63.7 Å². The molecule has 0 aliphatic carbocycles. The molecule has 0 bridgehead atoms. The van der Waals surface area contributed by atoms with Crippen LogP contribution in [0.1, 0.15) is 21.7 Å². The Kier molecular flexibility index (Phi) is 6.64. The van der Waals surface area contributed by atoms with Gasteiger partial charge in [0.15, 0.2) is 16.6 Å². The van der Waals surface area contributed by atoms with Gasteiger partial charge >= 0.3 is 0 Å². The SMILES string of the molecule is COc1ccc(/C=C/C(=O)Nc2nc3c(s2)CN(Cc2ccccc2)CC3)cc1OC. The fraction of sp³-hybridized carbons (Fsp3) is 0.250. The van der Waals surface area contributed by atoms with Gasteiger partial charge in [0.25, 0.3) is 0 Å². The number of nitrogens with one attached hydrogen (secondary N) is 1. The van der Waals surface area contributed by atoms with Gasteiger partial charge in [-0.2, -0.15) is 0 Å². The number of benzene rings is 2. The molecule has 0 unspecified atom stereocenters. The number of aromatic nitrogens is 1. The minimum absolute atomic E-state index is 0.206. The van der Waals surface area contributed by atoms with Gasteiger partial charge in [0, 0.05) is 37.0 Å². The molecule has 31 heavy (non-hydrogen) atoms. The van der Waals surface area contributed by atoms with E-state index < -0.39 is 0 Å². The van der Waals surface area contributed by atoms with Gasteiger partial charge in [-0.1, -0.05) is 36.4 Å². The zero-order valence-electron chi connectivity index (χ0n) is 17.6. The highest BCUT2D eigenvalue weighted by Gasteiger charge is 2.21. The lowest BCUT2D eigenvalue weighted by atomic mass is 10.1. The van der Waals surface area contributed by atoms with Crippen LogP contribution in [0.4, 0.5) is 5.13 Å². The molecule has 1 amide bonds. The van der Waals surface area contributed by atoms with Gasteiger partial charge in [-0.25, -0.2) is 4.98 Å². The number of carbonyl (C=O) groups excluding carboxylic acids is 1. The zero-order chi connectivity index (χ0) is 21.6. The van der Waals surface area contributed by atoms with Crippen molar-refractivity contribution in [3.05, 3.63) is 76.3 Å². The highest BCUT2D eigenvalue weighted by molar-refractivity contribution is 7.15. The molecule has 7 heteroatoms. The van der Waals surface area contributed by atoms with Crippen molar-refractivity contribution in [1.29, 1.82) is 0 Å². The first kappa shape index (κ1) is 21.1. The first-order valence-corrected chi connectivity index (χ1v) is 10.9. The second-order valence-corrected chi connectivity index (χ2v) is 8.36. The van der Waals surface area contributed by atoms with Crippen molar-refractivity contribution in [2.45, 2.75) is 19.5 Å². The van der Waals surface area contributed by atoms with Crippen LogP contribution in [0, 0.1) is 0 Å². The van der Waals surface area contributed by atoms with Crippen molar-refractivity contribution < 1.29 is 14.3 Å². The molecule has 0 spiro atoms. The van der Waals surface area contributed by atoms with Crippen LogP contribution in [0.3, 0.4) is 0 Å². The van der Waals surface area contributed by atoms with Crippen molar-refractivity contribution in [3.63, 3.8) is 0 Å². The molecule has 3 aromatic rings. The minimum Gasteiger partial charge on any atom is -0.493 e. The standard InChI is InChI=1S/C24H25N3O3S/c1-29-20-10-8-17(14-21(20)30-2)9-11-23(28)26-24-25-19-12-13-27(16-22(19)31-24)15-18-6-4-3-5-7-18/h3-11,14H,12-13,15-16H2,1-2H3,(H,25,26,28)/b11-9+. The van der Waals surface area contributed by atoms with Crippen LogP contribution in [-0.4, -0.2) is 36.6 Å². The Morgan fingerprint density at radius 2 is 1.97 bits per heavy atom. The Hall–Kier alpha value is -3.16. The van der Waals surface area contributed by atoms with Crippen LogP contribution in [0.5, 0.6) is 11.5 Å². The van der Waals surface area contributed by atoms with Gasteiger partial charge < -0.3 is 9.47 Å². The van der Waals surface area contributed by atoms with Crippen molar-refractivity contribution in [3.8, 4) is 11.5 Å². The summed E-state index contributed by atoms with van der Waals surface area (Å²) in [5, 5.41) is 3.54. The van der Waals surface area contributed by atoms with Crippen molar-refractivity contribution in [1.82, 2.24) is 9.88 Å². The number of thiazole rings is 1. The van der Waals surface area contributed by atoms with E-state index in [1.807, 2.05) is 24.3 Å². The Morgan fingerprint density at radius 1 is 1.16 bits per heavy atom. The largest absolute Gasteiger partial charge is 0.493 e. The van der Waals surface area contributed by atoms with E-state index in [-0.39, 0.29) is 5.91 Å². The lowest BCUT2D eigenvalue weighted by molar-refractivity contribution is -0.111. The maximum Gasteiger partial charge on any atom is 0.250 e. The van der Waals surface area contributed by atoms with Gasteiger partial charge in [0.05, 0.1) is 19.9 Å². The predicted molar refractivity (Wildman–Crippen MR) is 124 cm³/mol. The second kappa shape index (κ2) is 9.76. The van der Waals surface area contributed by atoms with E-state index in [1.165, 1.54) is 16.5 Å². The number of hydrogen-bond donors (Lipinski definition) is 1. The average molecular weight is 436 g/mol. The summed E-state index contributed by atoms with van der Waals surface area (Å²) in [6.07, 6.45) is 4.14. The van der Waals surface area contributed by atoms with Gasteiger partial charge in [0.1, 0.15) is 0 Å².